The molecule has 1 aliphatic heterocycles. The monoisotopic (exact) mass is 346 g/mol. The number of nitrogens with zero attached hydrogens (tertiary/aromatic N) is 2. The molecule has 1 aromatic rings. The van der Waals surface area contributed by atoms with E-state index >= 15 is 0 Å². The summed E-state index contributed by atoms with van der Waals surface area (Å²) in [6, 6.07) is 3.43. The maximum absolute atomic E-state index is 13.1. The van der Waals surface area contributed by atoms with Gasteiger partial charge in [-0.2, -0.15) is 13.2 Å². The summed E-state index contributed by atoms with van der Waals surface area (Å²) in [5.74, 6) is -2.81. The predicted molar refractivity (Wildman–Crippen MR) is 74.5 cm³/mol. The van der Waals surface area contributed by atoms with Crippen LogP contribution >= 0.6 is 0 Å². The van der Waals surface area contributed by atoms with Gasteiger partial charge in [0.25, 0.3) is 11.6 Å². The topological polar surface area (TPSA) is 101 Å². The lowest BCUT2D eigenvalue weighted by Gasteiger charge is -2.27. The molecule has 1 saturated heterocycles. The van der Waals surface area contributed by atoms with Crippen LogP contribution in [-0.2, 0) is 4.79 Å². The summed E-state index contributed by atoms with van der Waals surface area (Å²) in [4.78, 5) is 34.3. The zero-order chi connectivity index (χ0) is 18.3. The van der Waals surface area contributed by atoms with Crippen LogP contribution < -0.4 is 0 Å². The van der Waals surface area contributed by atoms with Crippen LogP contribution in [0.25, 0.3) is 0 Å². The minimum absolute atomic E-state index is 0.0264. The van der Waals surface area contributed by atoms with E-state index in [0.29, 0.717) is 0 Å². The highest BCUT2D eigenvalue weighted by atomic mass is 19.4. The Bertz CT molecular complexity index is 719. The molecule has 2 rings (SSSR count). The number of rotatable bonds is 3. The number of aliphatic carboxylic acids is 1. The molecule has 0 bridgehead atoms. The first-order valence-electron chi connectivity index (χ1n) is 6.84. The first kappa shape index (κ1) is 17.7. The van der Waals surface area contributed by atoms with Gasteiger partial charge in [-0.15, -0.1) is 0 Å². The van der Waals surface area contributed by atoms with Gasteiger partial charge in [0.1, 0.15) is 0 Å². The lowest BCUT2D eigenvalue weighted by Crippen LogP contribution is -2.47. The molecule has 0 saturated carbocycles. The van der Waals surface area contributed by atoms with E-state index < -0.39 is 41.4 Å². The molecule has 0 aliphatic carbocycles. The number of alkyl halides is 3. The van der Waals surface area contributed by atoms with E-state index in [2.05, 4.69) is 0 Å². The third-order valence-electron chi connectivity index (χ3n) is 4.15. The molecule has 1 aromatic carbocycles. The first-order valence-corrected chi connectivity index (χ1v) is 6.84. The number of nitro benzene ring substituents is 1. The van der Waals surface area contributed by atoms with Crippen LogP contribution in [0.4, 0.5) is 18.9 Å². The molecule has 1 heterocycles. The molecule has 24 heavy (non-hydrogen) atoms. The fourth-order valence-corrected chi connectivity index (χ4v) is 2.69. The summed E-state index contributed by atoms with van der Waals surface area (Å²) in [6.07, 6.45) is -5.72. The SMILES string of the molecule is Cc1cc(C(=O)N2CCC(C(=O)O)(C(F)(F)F)C2)ccc1[N+](=O)[O-]. The predicted octanol–water partition coefficient (Wildman–Crippen LogP) is 2.38. The van der Waals surface area contributed by atoms with Crippen molar-refractivity contribution in [2.24, 2.45) is 5.41 Å². The summed E-state index contributed by atoms with van der Waals surface area (Å²) < 4.78 is 39.4. The van der Waals surface area contributed by atoms with Crippen LogP contribution in [0.15, 0.2) is 18.2 Å². The third-order valence-corrected chi connectivity index (χ3v) is 4.15. The number of aryl methyl sites for hydroxylation is 1. The van der Waals surface area contributed by atoms with Crippen molar-refractivity contribution in [1.82, 2.24) is 4.90 Å². The van der Waals surface area contributed by atoms with E-state index in [1.54, 1.807) is 0 Å². The van der Waals surface area contributed by atoms with Gasteiger partial charge in [0.15, 0.2) is 5.41 Å². The molecule has 1 fully saturated rings. The van der Waals surface area contributed by atoms with E-state index in [9.17, 15) is 32.9 Å². The average Bonchev–Trinajstić information content (AvgIpc) is 2.92. The van der Waals surface area contributed by atoms with Crippen molar-refractivity contribution in [1.29, 1.82) is 0 Å². The third kappa shape index (κ3) is 2.79. The molecular weight excluding hydrogens is 333 g/mol. The minimum atomic E-state index is -4.99. The second-order valence-corrected chi connectivity index (χ2v) is 5.62. The van der Waals surface area contributed by atoms with Gasteiger partial charge in [0, 0.05) is 30.3 Å². The van der Waals surface area contributed by atoms with Crippen LogP contribution in [0.5, 0.6) is 0 Å². The second-order valence-electron chi connectivity index (χ2n) is 5.62. The van der Waals surface area contributed by atoms with Gasteiger partial charge in [0.05, 0.1) is 4.92 Å². The zero-order valence-electron chi connectivity index (χ0n) is 12.5. The number of carbonyl (C=O) groups is 2. The molecule has 1 aliphatic rings. The summed E-state index contributed by atoms with van der Waals surface area (Å²) in [5, 5.41) is 19.7. The number of hydrogen-bond donors (Lipinski definition) is 1. The molecule has 1 N–H and O–H groups in total. The van der Waals surface area contributed by atoms with E-state index in [-0.39, 0.29) is 23.4 Å². The van der Waals surface area contributed by atoms with Gasteiger partial charge < -0.3 is 10.0 Å². The molecular formula is C14H13F3N2O5. The number of benzene rings is 1. The fourth-order valence-electron chi connectivity index (χ4n) is 2.69. The van der Waals surface area contributed by atoms with Crippen molar-refractivity contribution in [3.05, 3.63) is 39.4 Å². The van der Waals surface area contributed by atoms with Crippen molar-refractivity contribution in [3.8, 4) is 0 Å². The van der Waals surface area contributed by atoms with Gasteiger partial charge in [-0.3, -0.25) is 19.7 Å². The maximum atomic E-state index is 13.1. The highest BCUT2D eigenvalue weighted by Gasteiger charge is 2.64. The largest absolute Gasteiger partial charge is 0.481 e. The van der Waals surface area contributed by atoms with Crippen LogP contribution in [0.1, 0.15) is 22.3 Å². The van der Waals surface area contributed by atoms with E-state index in [4.69, 9.17) is 5.11 Å². The van der Waals surface area contributed by atoms with Crippen LogP contribution in [0.2, 0.25) is 0 Å². The molecule has 10 heteroatoms. The number of amides is 1. The van der Waals surface area contributed by atoms with Crippen LogP contribution in [0, 0.1) is 22.5 Å². The van der Waals surface area contributed by atoms with E-state index in [1.165, 1.54) is 13.0 Å². The Labute approximate surface area is 133 Å². The number of carbonyl (C=O) groups excluding carboxylic acids is 1. The number of carboxylic acid groups (broad SMARTS) is 1. The molecule has 7 nitrogen and oxygen atoms in total. The van der Waals surface area contributed by atoms with Crippen molar-refractivity contribution < 1.29 is 32.8 Å². The Morgan fingerprint density at radius 3 is 2.42 bits per heavy atom. The van der Waals surface area contributed by atoms with Crippen molar-refractivity contribution in [2.45, 2.75) is 19.5 Å². The standard InChI is InChI=1S/C14H13F3N2O5/c1-8-6-9(2-3-10(8)19(23)24)11(20)18-5-4-13(7-18,12(21)22)14(15,16)17/h2-3,6H,4-5,7H2,1H3,(H,21,22). The zero-order valence-corrected chi connectivity index (χ0v) is 12.5. The van der Waals surface area contributed by atoms with Gasteiger partial charge in [-0.1, -0.05) is 0 Å². The van der Waals surface area contributed by atoms with Crippen LogP contribution in [0.3, 0.4) is 0 Å². The van der Waals surface area contributed by atoms with Crippen molar-refractivity contribution in [3.63, 3.8) is 0 Å². The van der Waals surface area contributed by atoms with Gasteiger partial charge in [-0.25, -0.2) is 0 Å². The van der Waals surface area contributed by atoms with E-state index in [1.807, 2.05) is 0 Å². The number of likely N-dealkylation sites (tertiary alicyclic amines) is 1. The Hall–Kier alpha value is -2.65. The second kappa shape index (κ2) is 5.77. The highest BCUT2D eigenvalue weighted by molar-refractivity contribution is 5.95. The molecule has 0 aromatic heterocycles. The number of nitro groups is 1. The molecule has 1 amide bonds. The molecule has 130 valence electrons. The van der Waals surface area contributed by atoms with Gasteiger partial charge in [-0.05, 0) is 25.5 Å². The van der Waals surface area contributed by atoms with Gasteiger partial charge >= 0.3 is 12.1 Å². The summed E-state index contributed by atoms with van der Waals surface area (Å²) >= 11 is 0. The van der Waals surface area contributed by atoms with Crippen LogP contribution in [-0.4, -0.2) is 46.1 Å². The minimum Gasteiger partial charge on any atom is -0.481 e. The highest BCUT2D eigenvalue weighted by Crippen LogP contribution is 2.46. The molecule has 0 spiro atoms. The number of carboxylic acids is 1. The van der Waals surface area contributed by atoms with Crippen molar-refractivity contribution in [2.75, 3.05) is 13.1 Å². The van der Waals surface area contributed by atoms with Gasteiger partial charge in [0.2, 0.25) is 0 Å². The number of halogens is 3. The summed E-state index contributed by atoms with van der Waals surface area (Å²) in [7, 11) is 0. The quantitative estimate of drug-likeness (QED) is 0.669. The maximum Gasteiger partial charge on any atom is 0.406 e. The number of hydrogen-bond acceptors (Lipinski definition) is 4. The average molecular weight is 346 g/mol. The summed E-state index contributed by atoms with van der Waals surface area (Å²) in [5.41, 5.74) is -3.05. The first-order chi connectivity index (χ1) is 11.0. The molecule has 0 radical (unpaired) electrons. The van der Waals surface area contributed by atoms with Crippen molar-refractivity contribution >= 4 is 17.6 Å². The smallest absolute Gasteiger partial charge is 0.406 e. The lowest BCUT2D eigenvalue weighted by atomic mass is 9.86. The lowest BCUT2D eigenvalue weighted by molar-refractivity contribution is -0.385. The van der Waals surface area contributed by atoms with E-state index in [0.717, 1.165) is 17.0 Å². The Morgan fingerprint density at radius 1 is 1.38 bits per heavy atom. The molecule has 1 unspecified atom stereocenters. The summed E-state index contributed by atoms with van der Waals surface area (Å²) in [6.45, 7) is 0.0531. The molecule has 1 atom stereocenters. The fraction of sp³-hybridized carbons (Fsp3) is 0.429. The normalized spacial score (nSPS) is 20.9. The Morgan fingerprint density at radius 2 is 2.00 bits per heavy atom. The Balaban J connectivity index is 2.28. The Kier molecular flexibility index (Phi) is 4.25.